The van der Waals surface area contributed by atoms with Gasteiger partial charge in [-0.3, -0.25) is 4.79 Å². The number of anilines is 1. The lowest BCUT2D eigenvalue weighted by Crippen LogP contribution is -2.50. The average Bonchev–Trinajstić information content (AvgIpc) is 3.17. The number of benzene rings is 1. The van der Waals surface area contributed by atoms with Gasteiger partial charge in [0.05, 0.1) is 0 Å². The summed E-state index contributed by atoms with van der Waals surface area (Å²) in [5.74, 6) is 0.236. The maximum atomic E-state index is 13.7. The van der Waals surface area contributed by atoms with Crippen LogP contribution in [0.4, 0.5) is 10.1 Å². The van der Waals surface area contributed by atoms with Gasteiger partial charge in [0.1, 0.15) is 5.82 Å². The molecule has 0 saturated carbocycles. The standard InChI is InChI=1S/C19H22FN3OS/c1-19(2)11-13-12-22(18(24)17-21-7-9-25-17)8-6-16(13)23(19)15-5-3-4-14(20)10-15/h3-5,7,9-10,13,16H,6,8,11-12H2,1-2H3/t13-,16+/m1/s1. The van der Waals surface area contributed by atoms with E-state index < -0.39 is 0 Å². The first-order valence-corrected chi connectivity index (χ1v) is 9.57. The van der Waals surface area contributed by atoms with E-state index in [1.54, 1.807) is 18.3 Å². The zero-order chi connectivity index (χ0) is 17.6. The Morgan fingerprint density at radius 1 is 1.40 bits per heavy atom. The minimum absolute atomic E-state index is 0.0375. The zero-order valence-corrected chi connectivity index (χ0v) is 15.3. The number of fused-ring (bicyclic) bond motifs is 1. The number of halogens is 1. The van der Waals surface area contributed by atoms with Crippen LogP contribution in [0.25, 0.3) is 0 Å². The lowest BCUT2D eigenvalue weighted by atomic mass is 9.90. The Balaban J connectivity index is 1.57. The van der Waals surface area contributed by atoms with E-state index >= 15 is 0 Å². The Kier molecular flexibility index (Phi) is 4.02. The maximum Gasteiger partial charge on any atom is 0.282 e. The second-order valence-corrected chi connectivity index (χ2v) is 8.47. The molecule has 2 aromatic rings. The molecule has 0 unspecified atom stereocenters. The number of nitrogens with zero attached hydrogens (tertiary/aromatic N) is 3. The van der Waals surface area contributed by atoms with Gasteiger partial charge in [-0.25, -0.2) is 9.37 Å². The highest BCUT2D eigenvalue weighted by Crippen LogP contribution is 2.44. The minimum Gasteiger partial charge on any atom is -0.363 e. The number of amides is 1. The molecule has 0 spiro atoms. The third kappa shape index (κ3) is 2.92. The summed E-state index contributed by atoms with van der Waals surface area (Å²) in [5.41, 5.74) is 0.890. The molecular formula is C19H22FN3OS. The number of likely N-dealkylation sites (tertiary alicyclic amines) is 1. The van der Waals surface area contributed by atoms with Crippen molar-refractivity contribution in [2.24, 2.45) is 5.92 Å². The molecule has 2 saturated heterocycles. The number of hydrogen-bond donors (Lipinski definition) is 0. The lowest BCUT2D eigenvalue weighted by molar-refractivity contribution is 0.0667. The van der Waals surface area contributed by atoms with Gasteiger partial charge in [0.15, 0.2) is 5.01 Å². The maximum absolute atomic E-state index is 13.7. The summed E-state index contributed by atoms with van der Waals surface area (Å²) in [7, 11) is 0. The fourth-order valence-electron chi connectivity index (χ4n) is 4.56. The van der Waals surface area contributed by atoms with Crippen molar-refractivity contribution in [2.45, 2.75) is 38.3 Å². The lowest BCUT2D eigenvalue weighted by Gasteiger charge is -2.41. The first-order chi connectivity index (χ1) is 12.0. The number of hydrogen-bond acceptors (Lipinski definition) is 4. The molecule has 4 rings (SSSR count). The van der Waals surface area contributed by atoms with Crippen LogP contribution >= 0.6 is 11.3 Å². The van der Waals surface area contributed by atoms with E-state index in [1.807, 2.05) is 16.3 Å². The molecule has 4 nitrogen and oxygen atoms in total. The van der Waals surface area contributed by atoms with Gasteiger partial charge in [0, 0.05) is 41.9 Å². The largest absolute Gasteiger partial charge is 0.363 e. The smallest absolute Gasteiger partial charge is 0.282 e. The number of aromatic nitrogens is 1. The van der Waals surface area contributed by atoms with Crippen molar-refractivity contribution in [3.05, 3.63) is 46.7 Å². The van der Waals surface area contributed by atoms with E-state index in [4.69, 9.17) is 0 Å². The van der Waals surface area contributed by atoms with E-state index in [0.29, 0.717) is 17.0 Å². The zero-order valence-electron chi connectivity index (χ0n) is 14.5. The third-order valence-electron chi connectivity index (χ3n) is 5.43. The molecule has 25 heavy (non-hydrogen) atoms. The second-order valence-electron chi connectivity index (χ2n) is 7.57. The van der Waals surface area contributed by atoms with Gasteiger partial charge in [0.2, 0.25) is 0 Å². The summed E-state index contributed by atoms with van der Waals surface area (Å²) >= 11 is 1.39. The highest BCUT2D eigenvalue weighted by atomic mass is 32.1. The van der Waals surface area contributed by atoms with Crippen molar-refractivity contribution >= 4 is 22.9 Å². The molecule has 0 aliphatic carbocycles. The molecular weight excluding hydrogens is 337 g/mol. The highest BCUT2D eigenvalue weighted by Gasteiger charge is 2.48. The van der Waals surface area contributed by atoms with Crippen LogP contribution in [0.2, 0.25) is 0 Å². The van der Waals surface area contributed by atoms with E-state index in [9.17, 15) is 9.18 Å². The predicted octanol–water partition coefficient (Wildman–Crippen LogP) is 3.80. The van der Waals surface area contributed by atoms with E-state index in [2.05, 4.69) is 23.7 Å². The summed E-state index contributed by atoms with van der Waals surface area (Å²) in [6, 6.07) is 7.21. The predicted molar refractivity (Wildman–Crippen MR) is 97.5 cm³/mol. The molecule has 0 radical (unpaired) electrons. The van der Waals surface area contributed by atoms with Crippen molar-refractivity contribution in [1.29, 1.82) is 0 Å². The molecule has 0 N–H and O–H groups in total. The molecule has 6 heteroatoms. The topological polar surface area (TPSA) is 36.4 Å². The minimum atomic E-state index is -0.201. The van der Waals surface area contributed by atoms with Crippen molar-refractivity contribution < 1.29 is 9.18 Å². The van der Waals surface area contributed by atoms with Gasteiger partial charge < -0.3 is 9.80 Å². The van der Waals surface area contributed by atoms with Crippen molar-refractivity contribution in [3.8, 4) is 0 Å². The van der Waals surface area contributed by atoms with Gasteiger partial charge in [-0.2, -0.15) is 0 Å². The van der Waals surface area contributed by atoms with Crippen LogP contribution in [0.5, 0.6) is 0 Å². The molecule has 2 aliphatic heterocycles. The fourth-order valence-corrected chi connectivity index (χ4v) is 5.17. The van der Waals surface area contributed by atoms with E-state index in [1.165, 1.54) is 17.4 Å². The normalized spacial score (nSPS) is 25.1. The quantitative estimate of drug-likeness (QED) is 0.818. The van der Waals surface area contributed by atoms with E-state index in [-0.39, 0.29) is 17.3 Å². The van der Waals surface area contributed by atoms with Crippen molar-refractivity contribution in [1.82, 2.24) is 9.88 Å². The second kappa shape index (κ2) is 6.09. The fraction of sp³-hybridized carbons (Fsp3) is 0.474. The monoisotopic (exact) mass is 359 g/mol. The number of piperidine rings is 1. The molecule has 1 amide bonds. The van der Waals surface area contributed by atoms with Gasteiger partial charge in [-0.05, 0) is 50.8 Å². The Labute approximate surface area is 151 Å². The Morgan fingerprint density at radius 2 is 2.24 bits per heavy atom. The Bertz CT molecular complexity index is 777. The molecule has 2 atom stereocenters. The van der Waals surface area contributed by atoms with Crippen LogP contribution in [0.3, 0.4) is 0 Å². The number of thiazole rings is 1. The van der Waals surface area contributed by atoms with Crippen LogP contribution in [0, 0.1) is 11.7 Å². The van der Waals surface area contributed by atoms with Crippen molar-refractivity contribution in [2.75, 3.05) is 18.0 Å². The molecule has 132 valence electrons. The van der Waals surface area contributed by atoms with Crippen LogP contribution in [-0.4, -0.2) is 40.5 Å². The molecule has 2 aliphatic rings. The summed E-state index contributed by atoms with van der Waals surface area (Å²) in [6.07, 6.45) is 3.58. The van der Waals surface area contributed by atoms with Crippen molar-refractivity contribution in [3.63, 3.8) is 0 Å². The first-order valence-electron chi connectivity index (χ1n) is 8.69. The molecule has 2 fully saturated rings. The SMILES string of the molecule is CC1(C)C[C@@H]2CN(C(=O)c3nccs3)CC[C@@H]2N1c1cccc(F)c1. The molecule has 0 bridgehead atoms. The first kappa shape index (κ1) is 16.5. The molecule has 1 aromatic carbocycles. The number of carbonyl (C=O) groups excluding carboxylic acids is 1. The summed E-state index contributed by atoms with van der Waals surface area (Å²) in [6.45, 7) is 5.90. The number of carbonyl (C=O) groups is 1. The summed E-state index contributed by atoms with van der Waals surface area (Å²) in [4.78, 5) is 21.1. The van der Waals surface area contributed by atoms with Gasteiger partial charge in [0.25, 0.3) is 5.91 Å². The van der Waals surface area contributed by atoms with Gasteiger partial charge in [-0.1, -0.05) is 6.07 Å². The van der Waals surface area contributed by atoms with Gasteiger partial charge >= 0.3 is 0 Å². The van der Waals surface area contributed by atoms with Gasteiger partial charge in [-0.15, -0.1) is 11.3 Å². The molecule has 1 aromatic heterocycles. The van der Waals surface area contributed by atoms with Crippen LogP contribution in [0.15, 0.2) is 35.8 Å². The summed E-state index contributed by atoms with van der Waals surface area (Å²) < 4.78 is 13.7. The van der Waals surface area contributed by atoms with Crippen LogP contribution in [0.1, 0.15) is 36.5 Å². The third-order valence-corrected chi connectivity index (χ3v) is 6.19. The van der Waals surface area contributed by atoms with E-state index in [0.717, 1.165) is 31.6 Å². The Morgan fingerprint density at radius 3 is 2.96 bits per heavy atom. The van der Waals surface area contributed by atoms with Crippen LogP contribution in [-0.2, 0) is 0 Å². The summed E-state index contributed by atoms with van der Waals surface area (Å²) in [5, 5.41) is 2.40. The van der Waals surface area contributed by atoms with Crippen LogP contribution < -0.4 is 4.90 Å². The highest BCUT2D eigenvalue weighted by molar-refractivity contribution is 7.11. The average molecular weight is 359 g/mol. The number of rotatable bonds is 2. The molecule has 3 heterocycles. The Hall–Kier alpha value is -1.95.